The van der Waals surface area contributed by atoms with Crippen molar-refractivity contribution in [3.05, 3.63) is 30.0 Å². The first kappa shape index (κ1) is 18.3. The van der Waals surface area contributed by atoms with Gasteiger partial charge in [0.05, 0.1) is 19.8 Å². The van der Waals surface area contributed by atoms with Crippen LogP contribution in [0.25, 0.3) is 11.0 Å². The van der Waals surface area contributed by atoms with E-state index >= 15 is 0 Å². The highest BCUT2D eigenvalue weighted by atomic mass is 16.5. The van der Waals surface area contributed by atoms with Crippen LogP contribution >= 0.6 is 0 Å². The fourth-order valence-corrected chi connectivity index (χ4v) is 3.46. The van der Waals surface area contributed by atoms with E-state index in [0.29, 0.717) is 17.3 Å². The largest absolute Gasteiger partial charge is 0.497 e. The first-order chi connectivity index (χ1) is 12.6. The molecule has 1 fully saturated rings. The van der Waals surface area contributed by atoms with E-state index in [1.54, 1.807) is 13.2 Å². The molecule has 1 amide bonds. The lowest BCUT2D eigenvalue weighted by Gasteiger charge is -2.29. The van der Waals surface area contributed by atoms with Gasteiger partial charge in [-0.05, 0) is 30.9 Å². The van der Waals surface area contributed by atoms with E-state index in [1.165, 1.54) is 12.7 Å². The van der Waals surface area contributed by atoms with Gasteiger partial charge in [-0.3, -0.25) is 9.59 Å². The van der Waals surface area contributed by atoms with Gasteiger partial charge in [0.2, 0.25) is 0 Å². The summed E-state index contributed by atoms with van der Waals surface area (Å²) in [5.41, 5.74) is 1.38. The molecule has 1 heterocycles. The smallest absolute Gasteiger partial charge is 0.310 e. The maximum Gasteiger partial charge on any atom is 0.310 e. The zero-order valence-corrected chi connectivity index (χ0v) is 15.2. The van der Waals surface area contributed by atoms with E-state index in [0.717, 1.165) is 30.2 Å². The Morgan fingerprint density at radius 3 is 2.85 bits per heavy atom. The summed E-state index contributed by atoms with van der Waals surface area (Å²) in [6.45, 7) is 1.90. The highest BCUT2D eigenvalue weighted by Gasteiger charge is 2.23. The summed E-state index contributed by atoms with van der Waals surface area (Å²) in [5.74, 6) is 0.474. The van der Waals surface area contributed by atoms with Crippen molar-refractivity contribution >= 4 is 22.8 Å². The number of nitrogens with one attached hydrogen (secondary N) is 1. The highest BCUT2D eigenvalue weighted by Crippen LogP contribution is 2.26. The van der Waals surface area contributed by atoms with Crippen LogP contribution in [0.15, 0.2) is 28.9 Å². The SMILES string of the molecule is COc1ccc2c(CC(=O)OCC(=O)N[C@H]3CCCC[C@H]3C)coc2c1. The molecule has 2 atom stereocenters. The Bertz CT molecular complexity index is 782. The predicted molar refractivity (Wildman–Crippen MR) is 97.0 cm³/mol. The second-order valence-corrected chi connectivity index (χ2v) is 6.90. The monoisotopic (exact) mass is 359 g/mol. The summed E-state index contributed by atoms with van der Waals surface area (Å²) in [6.07, 6.45) is 6.07. The van der Waals surface area contributed by atoms with Crippen LogP contribution < -0.4 is 10.1 Å². The third-order valence-corrected chi connectivity index (χ3v) is 5.02. The molecule has 6 nitrogen and oxygen atoms in total. The highest BCUT2D eigenvalue weighted by molar-refractivity contribution is 5.87. The van der Waals surface area contributed by atoms with Crippen LogP contribution in [0.3, 0.4) is 0 Å². The zero-order valence-electron chi connectivity index (χ0n) is 15.2. The van der Waals surface area contributed by atoms with E-state index in [9.17, 15) is 9.59 Å². The Labute approximate surface area is 152 Å². The Morgan fingerprint density at radius 2 is 2.08 bits per heavy atom. The molecule has 0 unspecified atom stereocenters. The molecule has 1 aliphatic carbocycles. The zero-order chi connectivity index (χ0) is 18.5. The van der Waals surface area contributed by atoms with Crippen LogP contribution in [0, 0.1) is 5.92 Å². The quantitative estimate of drug-likeness (QED) is 0.801. The number of esters is 1. The summed E-state index contributed by atoms with van der Waals surface area (Å²) < 4.78 is 15.7. The van der Waals surface area contributed by atoms with E-state index in [-0.39, 0.29) is 25.0 Å². The van der Waals surface area contributed by atoms with Crippen LogP contribution in [0.2, 0.25) is 0 Å². The number of hydrogen-bond acceptors (Lipinski definition) is 5. The number of furan rings is 1. The number of benzene rings is 1. The Hall–Kier alpha value is -2.50. The standard InChI is InChI=1S/C20H25NO5/c1-13-5-3-4-6-17(13)21-19(22)12-26-20(23)9-14-11-25-18-10-15(24-2)7-8-16(14)18/h7-8,10-11,13,17H,3-6,9,12H2,1-2H3,(H,21,22)/t13-,17+/m1/s1. The van der Waals surface area contributed by atoms with Gasteiger partial charge in [0.15, 0.2) is 6.61 Å². The fraction of sp³-hybridized carbons (Fsp3) is 0.500. The van der Waals surface area contributed by atoms with Crippen molar-refractivity contribution in [2.24, 2.45) is 5.92 Å². The number of ether oxygens (including phenoxy) is 2. The average molecular weight is 359 g/mol. The van der Waals surface area contributed by atoms with Crippen LogP contribution in [0.5, 0.6) is 5.75 Å². The minimum absolute atomic E-state index is 0.0619. The molecule has 140 valence electrons. The lowest BCUT2D eigenvalue weighted by atomic mass is 9.86. The first-order valence-corrected chi connectivity index (χ1v) is 9.06. The average Bonchev–Trinajstić information content (AvgIpc) is 3.04. The van der Waals surface area contributed by atoms with E-state index in [1.807, 2.05) is 12.1 Å². The molecule has 3 rings (SSSR count). The Balaban J connectivity index is 1.50. The molecule has 6 heteroatoms. The van der Waals surface area contributed by atoms with Crippen LogP contribution in [-0.2, 0) is 20.7 Å². The van der Waals surface area contributed by atoms with Gasteiger partial charge in [0.25, 0.3) is 5.91 Å². The lowest BCUT2D eigenvalue weighted by Crippen LogP contribution is -2.42. The van der Waals surface area contributed by atoms with Crippen LogP contribution in [-0.4, -0.2) is 31.6 Å². The van der Waals surface area contributed by atoms with Crippen LogP contribution in [0.4, 0.5) is 0 Å². The van der Waals surface area contributed by atoms with Crippen molar-refractivity contribution in [1.29, 1.82) is 0 Å². The minimum Gasteiger partial charge on any atom is -0.497 e. The predicted octanol–water partition coefficient (Wildman–Crippen LogP) is 3.22. The maximum atomic E-state index is 12.1. The van der Waals surface area contributed by atoms with Gasteiger partial charge < -0.3 is 19.2 Å². The lowest BCUT2D eigenvalue weighted by molar-refractivity contribution is -0.148. The number of carbonyl (C=O) groups excluding carboxylic acids is 2. The van der Waals surface area contributed by atoms with Gasteiger partial charge in [-0.25, -0.2) is 0 Å². The minimum atomic E-state index is -0.449. The molecule has 0 aliphatic heterocycles. The van der Waals surface area contributed by atoms with Crippen LogP contribution in [0.1, 0.15) is 38.2 Å². The van der Waals surface area contributed by atoms with E-state index < -0.39 is 5.97 Å². The van der Waals surface area contributed by atoms with Crippen molar-refractivity contribution in [2.75, 3.05) is 13.7 Å². The summed E-state index contributed by atoms with van der Waals surface area (Å²) >= 11 is 0. The second kappa shape index (κ2) is 8.25. The topological polar surface area (TPSA) is 77.8 Å². The molecule has 0 spiro atoms. The normalized spacial score (nSPS) is 19.9. The van der Waals surface area contributed by atoms with Crippen molar-refractivity contribution in [3.8, 4) is 5.75 Å². The number of amides is 1. The number of carbonyl (C=O) groups is 2. The molecule has 1 saturated carbocycles. The van der Waals surface area contributed by atoms with Crippen molar-refractivity contribution < 1.29 is 23.5 Å². The number of rotatable bonds is 6. The van der Waals surface area contributed by atoms with Gasteiger partial charge in [-0.15, -0.1) is 0 Å². The first-order valence-electron chi connectivity index (χ1n) is 9.06. The van der Waals surface area contributed by atoms with Crippen molar-refractivity contribution in [2.45, 2.75) is 45.1 Å². The summed E-state index contributed by atoms with van der Waals surface area (Å²) in [5, 5.41) is 3.81. The van der Waals surface area contributed by atoms with Gasteiger partial charge in [-0.1, -0.05) is 19.8 Å². The van der Waals surface area contributed by atoms with Crippen molar-refractivity contribution in [1.82, 2.24) is 5.32 Å². The summed E-state index contributed by atoms with van der Waals surface area (Å²) in [4.78, 5) is 24.1. The number of fused-ring (bicyclic) bond motifs is 1. The fourth-order valence-electron chi connectivity index (χ4n) is 3.46. The van der Waals surface area contributed by atoms with E-state index in [2.05, 4.69) is 12.2 Å². The molecular formula is C20H25NO5. The molecule has 1 N–H and O–H groups in total. The molecule has 1 aromatic carbocycles. The molecule has 2 aromatic rings. The van der Waals surface area contributed by atoms with E-state index in [4.69, 9.17) is 13.9 Å². The summed E-state index contributed by atoms with van der Waals surface area (Å²) in [6, 6.07) is 5.61. The van der Waals surface area contributed by atoms with Gasteiger partial charge in [0, 0.05) is 23.1 Å². The third kappa shape index (κ3) is 4.36. The summed E-state index contributed by atoms with van der Waals surface area (Å²) in [7, 11) is 1.58. The molecule has 1 aliphatic rings. The molecule has 26 heavy (non-hydrogen) atoms. The maximum absolute atomic E-state index is 12.1. The Morgan fingerprint density at radius 1 is 1.27 bits per heavy atom. The number of hydrogen-bond donors (Lipinski definition) is 1. The second-order valence-electron chi connectivity index (χ2n) is 6.90. The molecule has 1 aromatic heterocycles. The van der Waals surface area contributed by atoms with Gasteiger partial charge in [-0.2, -0.15) is 0 Å². The molecule has 0 saturated heterocycles. The van der Waals surface area contributed by atoms with Gasteiger partial charge in [0.1, 0.15) is 11.3 Å². The Kier molecular flexibility index (Phi) is 5.81. The molecule has 0 bridgehead atoms. The molecular weight excluding hydrogens is 334 g/mol. The van der Waals surface area contributed by atoms with Gasteiger partial charge >= 0.3 is 5.97 Å². The third-order valence-electron chi connectivity index (χ3n) is 5.02. The number of methoxy groups -OCH3 is 1. The van der Waals surface area contributed by atoms with Crippen molar-refractivity contribution in [3.63, 3.8) is 0 Å². The molecule has 0 radical (unpaired) electrons.